The topological polar surface area (TPSA) is 155 Å². The molecule has 2 N–H and O–H groups in total. The van der Waals surface area contributed by atoms with Crippen LogP contribution in [0.2, 0.25) is 5.02 Å². The summed E-state index contributed by atoms with van der Waals surface area (Å²) in [6.45, 7) is 5.30. The van der Waals surface area contributed by atoms with Gasteiger partial charge in [0.1, 0.15) is 12.4 Å². The first-order chi connectivity index (χ1) is 23.1. The van der Waals surface area contributed by atoms with E-state index >= 15 is 0 Å². The number of nitrogens with one attached hydrogen (secondary N) is 2. The molecule has 14 nitrogen and oxygen atoms in total. The van der Waals surface area contributed by atoms with Gasteiger partial charge in [0.15, 0.2) is 18.6 Å². The highest BCUT2D eigenvalue weighted by Gasteiger charge is 2.09. The second-order valence-electron chi connectivity index (χ2n) is 9.72. The number of aliphatic imine (C=N–C) groups is 1. The fourth-order valence-corrected chi connectivity index (χ4v) is 3.79. The quantitative estimate of drug-likeness (QED) is 0.0271. The first-order valence-electron chi connectivity index (χ1n) is 15.5. The molecule has 0 radical (unpaired) electrons. The number of nitriles is 1. The monoisotopic (exact) mass is 715 g/mol. The van der Waals surface area contributed by atoms with Crippen LogP contribution < -0.4 is 32.3 Å². The third-order valence-electron chi connectivity index (χ3n) is 6.06. The normalized spacial score (nSPS) is 10.9. The van der Waals surface area contributed by atoms with E-state index in [0.717, 1.165) is 31.4 Å². The van der Waals surface area contributed by atoms with Crippen molar-refractivity contribution in [2.24, 2.45) is 4.99 Å². The molecule has 0 saturated heterocycles. The zero-order valence-corrected chi connectivity index (χ0v) is 28.9. The molecule has 0 unspecified atom stereocenters. The standard InChI is InChI=1S/C32H46ClN5O9.ClH/c1-40-16-17-41-18-19-42-20-21-43-22-23-44-24-25-46-32(39)47-27-38-13-10-29(11-14-38)37-31(36-26-34)35-12-4-2-3-5-15-45-30-8-6-28(33)7-9-30;/h6-11,13-14H,2-5,12,15-25,27H2,1H3,(H,35,36);1H. The minimum absolute atomic E-state index is 0. The summed E-state index contributed by atoms with van der Waals surface area (Å²) >= 11 is 5.88. The Balaban J connectivity index is 0.0000115. The van der Waals surface area contributed by atoms with E-state index in [2.05, 4.69) is 15.6 Å². The average Bonchev–Trinajstić information content (AvgIpc) is 3.08. The molecule has 2 aromatic rings. The van der Waals surface area contributed by atoms with Gasteiger partial charge in [0.2, 0.25) is 5.96 Å². The number of methoxy groups -OCH3 is 1. The molecule has 0 aliphatic heterocycles. The maximum atomic E-state index is 11.9. The number of hydrogen-bond donors (Lipinski definition) is 2. The molecule has 2 rings (SSSR count). The number of anilines is 1. The predicted octanol–water partition coefficient (Wildman–Crippen LogP) is 0.933. The fraction of sp³-hybridized carbons (Fsp3) is 0.562. The smallest absolute Gasteiger partial charge is 0.513 e. The molecule has 16 heteroatoms. The van der Waals surface area contributed by atoms with E-state index in [1.54, 1.807) is 48.3 Å². The number of nitrogens with zero attached hydrogens (tertiary/aromatic N) is 3. The van der Waals surface area contributed by atoms with Crippen LogP contribution in [0.4, 0.5) is 10.5 Å². The molecule has 0 aliphatic rings. The van der Waals surface area contributed by atoms with Gasteiger partial charge in [-0.1, -0.05) is 18.0 Å². The van der Waals surface area contributed by atoms with Crippen molar-refractivity contribution in [3.63, 3.8) is 0 Å². The van der Waals surface area contributed by atoms with E-state index in [1.807, 2.05) is 18.3 Å². The number of rotatable bonds is 26. The molecule has 1 heterocycles. The van der Waals surface area contributed by atoms with Gasteiger partial charge >= 0.3 is 6.16 Å². The second-order valence-corrected chi connectivity index (χ2v) is 10.2. The number of carbonyl (C=O) groups excluding carboxylic acids is 1. The number of pyridine rings is 1. The van der Waals surface area contributed by atoms with Crippen molar-refractivity contribution in [2.45, 2.75) is 32.4 Å². The van der Waals surface area contributed by atoms with Gasteiger partial charge in [0.05, 0.1) is 71.8 Å². The lowest BCUT2D eigenvalue weighted by atomic mass is 10.2. The number of carbonyl (C=O) groups is 1. The van der Waals surface area contributed by atoms with Crippen LogP contribution in [0.3, 0.4) is 0 Å². The molecule has 0 spiro atoms. The summed E-state index contributed by atoms with van der Waals surface area (Å²) in [5.74, 6) is 1.17. The van der Waals surface area contributed by atoms with Crippen molar-refractivity contribution in [1.29, 1.82) is 5.26 Å². The Morgan fingerprint density at radius 2 is 1.38 bits per heavy atom. The van der Waals surface area contributed by atoms with Crippen LogP contribution in [0.1, 0.15) is 25.7 Å². The molecule has 0 aliphatic carbocycles. The molecule has 0 saturated carbocycles. The second kappa shape index (κ2) is 29.7. The molecule has 0 bridgehead atoms. The first-order valence-corrected chi connectivity index (χ1v) is 15.9. The average molecular weight is 717 g/mol. The molecular formula is C32H47Cl2N5O9. The number of halogens is 2. The Hall–Kier alpha value is -3.42. The van der Waals surface area contributed by atoms with E-state index in [9.17, 15) is 4.79 Å². The lowest BCUT2D eigenvalue weighted by molar-refractivity contribution is -0.727. The van der Waals surface area contributed by atoms with Crippen LogP contribution in [0.5, 0.6) is 5.75 Å². The number of benzene rings is 1. The lowest BCUT2D eigenvalue weighted by Gasteiger charge is -2.08. The van der Waals surface area contributed by atoms with Crippen molar-refractivity contribution < 1.29 is 59.7 Å². The maximum Gasteiger partial charge on any atom is 0.513 e. The van der Waals surface area contributed by atoms with Gasteiger partial charge in [0.25, 0.3) is 6.73 Å². The summed E-state index contributed by atoms with van der Waals surface area (Å²) in [6, 6.07) is 10.9. The third kappa shape index (κ3) is 23.0. The first kappa shape index (κ1) is 42.6. The Morgan fingerprint density at radius 1 is 0.792 bits per heavy atom. The van der Waals surface area contributed by atoms with Crippen molar-refractivity contribution in [1.82, 2.24) is 5.32 Å². The van der Waals surface area contributed by atoms with Crippen LogP contribution in [0.15, 0.2) is 53.8 Å². The van der Waals surface area contributed by atoms with E-state index in [4.69, 9.17) is 54.8 Å². The lowest BCUT2D eigenvalue weighted by Crippen LogP contribution is -3.00. The summed E-state index contributed by atoms with van der Waals surface area (Å²) in [5, 5.41) is 15.4. The van der Waals surface area contributed by atoms with E-state index in [0.29, 0.717) is 82.7 Å². The molecule has 268 valence electrons. The molecular weight excluding hydrogens is 669 g/mol. The Morgan fingerprint density at radius 3 is 1.98 bits per heavy atom. The highest BCUT2D eigenvalue weighted by atomic mass is 35.5. The number of hydrogen-bond acceptors (Lipinski definition) is 11. The molecule has 0 atom stereocenters. The SMILES string of the molecule is COCCOCCOCCOCCOCCOC(=O)OC[n+]1ccc(NC(=NCCCCCCOc2ccc(Cl)cc2)NC#N)cc1.[Cl-]. The molecule has 0 amide bonds. The van der Waals surface area contributed by atoms with E-state index < -0.39 is 6.16 Å². The Bertz CT molecular complexity index is 1160. The minimum Gasteiger partial charge on any atom is -1.00 e. The van der Waals surface area contributed by atoms with E-state index in [1.165, 1.54) is 0 Å². The van der Waals surface area contributed by atoms with Crippen LogP contribution in [0, 0.1) is 11.5 Å². The molecule has 1 aromatic heterocycles. The number of ether oxygens (including phenoxy) is 8. The van der Waals surface area contributed by atoms with Crippen LogP contribution >= 0.6 is 11.6 Å². The molecule has 48 heavy (non-hydrogen) atoms. The summed E-state index contributed by atoms with van der Waals surface area (Å²) in [4.78, 5) is 16.3. The minimum atomic E-state index is -0.801. The van der Waals surface area contributed by atoms with Crippen molar-refractivity contribution in [3.8, 4) is 11.9 Å². The zero-order valence-electron chi connectivity index (χ0n) is 27.4. The van der Waals surface area contributed by atoms with Crippen LogP contribution in [0.25, 0.3) is 0 Å². The summed E-state index contributed by atoms with van der Waals surface area (Å²) in [6.07, 6.45) is 8.36. The summed E-state index contributed by atoms with van der Waals surface area (Å²) in [7, 11) is 1.63. The summed E-state index contributed by atoms with van der Waals surface area (Å²) in [5.41, 5.74) is 0.710. The third-order valence-corrected chi connectivity index (χ3v) is 6.31. The summed E-state index contributed by atoms with van der Waals surface area (Å²) < 4.78 is 43.8. The van der Waals surface area contributed by atoms with Gasteiger partial charge in [-0.3, -0.25) is 10.3 Å². The molecule has 0 fully saturated rings. The maximum absolute atomic E-state index is 11.9. The zero-order chi connectivity index (χ0) is 33.6. The highest BCUT2D eigenvalue weighted by molar-refractivity contribution is 6.30. The van der Waals surface area contributed by atoms with Gasteiger partial charge in [-0.2, -0.15) is 9.83 Å². The Kier molecular flexibility index (Phi) is 26.4. The number of unbranched alkanes of at least 4 members (excludes halogenated alkanes) is 3. The predicted molar refractivity (Wildman–Crippen MR) is 174 cm³/mol. The number of aromatic nitrogens is 1. The van der Waals surface area contributed by atoms with Gasteiger partial charge in [0, 0.05) is 30.8 Å². The van der Waals surface area contributed by atoms with Gasteiger partial charge < -0.3 is 55.6 Å². The van der Waals surface area contributed by atoms with Crippen molar-refractivity contribution in [3.05, 3.63) is 53.8 Å². The van der Waals surface area contributed by atoms with Crippen molar-refractivity contribution >= 4 is 29.4 Å². The van der Waals surface area contributed by atoms with Crippen LogP contribution in [-0.4, -0.2) is 98.4 Å². The molecule has 1 aromatic carbocycles. The van der Waals surface area contributed by atoms with Gasteiger partial charge in [-0.05, 0) is 43.5 Å². The van der Waals surface area contributed by atoms with E-state index in [-0.39, 0.29) is 32.4 Å². The number of guanidine groups is 1. The van der Waals surface area contributed by atoms with Gasteiger partial charge in [-0.15, -0.1) is 0 Å². The van der Waals surface area contributed by atoms with Crippen molar-refractivity contribution in [2.75, 3.05) is 91.6 Å². The van der Waals surface area contributed by atoms with Crippen LogP contribution in [-0.2, 0) is 39.9 Å². The highest BCUT2D eigenvalue weighted by Crippen LogP contribution is 2.16. The van der Waals surface area contributed by atoms with Gasteiger partial charge in [-0.25, -0.2) is 4.79 Å². The fourth-order valence-electron chi connectivity index (χ4n) is 3.66. The largest absolute Gasteiger partial charge is 1.00 e. The Labute approximate surface area is 293 Å².